The van der Waals surface area contributed by atoms with Gasteiger partial charge in [0.25, 0.3) is 5.91 Å². The quantitative estimate of drug-likeness (QED) is 0.465. The average Bonchev–Trinajstić information content (AvgIpc) is 2.98. The lowest BCUT2D eigenvalue weighted by Crippen LogP contribution is -2.19. The summed E-state index contributed by atoms with van der Waals surface area (Å²) in [6, 6.07) is 11.6. The number of hydrogen-bond donors (Lipinski definition) is 1. The molecule has 0 aliphatic rings. The Morgan fingerprint density at radius 2 is 2.04 bits per heavy atom. The van der Waals surface area contributed by atoms with Gasteiger partial charge in [-0.2, -0.15) is 10.2 Å². The van der Waals surface area contributed by atoms with E-state index in [0.29, 0.717) is 11.0 Å². The summed E-state index contributed by atoms with van der Waals surface area (Å²) in [6.07, 6.45) is 6.61. The predicted octanol–water partition coefficient (Wildman–Crippen LogP) is 3.62. The molecular formula is C17H13Br2N5O. The van der Waals surface area contributed by atoms with Gasteiger partial charge in [-0.25, -0.2) is 5.43 Å². The molecule has 0 saturated carbocycles. The van der Waals surface area contributed by atoms with Crippen molar-refractivity contribution in [2.45, 2.75) is 6.54 Å². The molecule has 126 valence electrons. The van der Waals surface area contributed by atoms with Crippen LogP contribution < -0.4 is 5.43 Å². The molecule has 6 nitrogen and oxygen atoms in total. The molecule has 2 heterocycles. The zero-order chi connectivity index (χ0) is 17.6. The first-order chi connectivity index (χ1) is 12.1. The van der Waals surface area contributed by atoms with Gasteiger partial charge in [0.1, 0.15) is 0 Å². The second-order valence-electron chi connectivity index (χ2n) is 5.14. The molecular weight excluding hydrogens is 450 g/mol. The molecule has 0 saturated heterocycles. The Morgan fingerprint density at radius 1 is 1.24 bits per heavy atom. The highest BCUT2D eigenvalue weighted by atomic mass is 79.9. The van der Waals surface area contributed by atoms with Gasteiger partial charge in [-0.1, -0.05) is 34.1 Å². The van der Waals surface area contributed by atoms with Crippen molar-refractivity contribution < 1.29 is 4.79 Å². The molecule has 0 unspecified atom stereocenters. The van der Waals surface area contributed by atoms with Gasteiger partial charge in [-0.15, -0.1) is 0 Å². The number of nitrogens with one attached hydrogen (secondary N) is 1. The highest BCUT2D eigenvalue weighted by molar-refractivity contribution is 9.10. The number of rotatable bonds is 5. The minimum atomic E-state index is -0.387. The van der Waals surface area contributed by atoms with E-state index in [-0.39, 0.29) is 11.6 Å². The maximum absolute atomic E-state index is 12.2. The third-order valence-electron chi connectivity index (χ3n) is 3.25. The highest BCUT2D eigenvalue weighted by Gasteiger charge is 2.14. The fourth-order valence-electron chi connectivity index (χ4n) is 2.08. The molecule has 1 N–H and O–H groups in total. The van der Waals surface area contributed by atoms with Crippen LogP contribution in [0.25, 0.3) is 0 Å². The normalized spacial score (nSPS) is 11.0. The van der Waals surface area contributed by atoms with Crippen LogP contribution in [-0.4, -0.2) is 26.9 Å². The van der Waals surface area contributed by atoms with Crippen LogP contribution in [0.2, 0.25) is 0 Å². The fraction of sp³-hybridized carbons (Fsp3) is 0.0588. The lowest BCUT2D eigenvalue weighted by atomic mass is 10.2. The first-order valence-corrected chi connectivity index (χ1v) is 8.91. The van der Waals surface area contributed by atoms with Gasteiger partial charge in [0, 0.05) is 28.6 Å². The van der Waals surface area contributed by atoms with Crippen LogP contribution in [0.1, 0.15) is 21.6 Å². The van der Waals surface area contributed by atoms with Crippen LogP contribution in [0.5, 0.6) is 0 Å². The largest absolute Gasteiger partial charge is 0.293 e. The topological polar surface area (TPSA) is 72.2 Å². The van der Waals surface area contributed by atoms with E-state index in [2.05, 4.69) is 52.5 Å². The summed E-state index contributed by atoms with van der Waals surface area (Å²) in [6.45, 7) is 0.568. The van der Waals surface area contributed by atoms with Crippen LogP contribution in [-0.2, 0) is 6.54 Å². The number of nitrogens with zero attached hydrogens (tertiary/aromatic N) is 4. The molecule has 2 aromatic heterocycles. The third kappa shape index (κ3) is 4.83. The van der Waals surface area contributed by atoms with Crippen molar-refractivity contribution in [1.29, 1.82) is 0 Å². The Hall–Kier alpha value is -2.32. The Kier molecular flexibility index (Phi) is 5.72. The van der Waals surface area contributed by atoms with E-state index < -0.39 is 0 Å². The van der Waals surface area contributed by atoms with E-state index in [0.717, 1.165) is 15.6 Å². The number of hydrogen-bond acceptors (Lipinski definition) is 4. The first kappa shape index (κ1) is 17.5. The molecule has 0 spiro atoms. The van der Waals surface area contributed by atoms with Gasteiger partial charge in [0.2, 0.25) is 0 Å². The molecule has 0 fully saturated rings. The Bertz CT molecular complexity index is 891. The smallest absolute Gasteiger partial charge is 0.266 e. The monoisotopic (exact) mass is 461 g/mol. The Labute approximate surface area is 161 Å². The van der Waals surface area contributed by atoms with Crippen LogP contribution in [0.4, 0.5) is 0 Å². The maximum Gasteiger partial charge on any atom is 0.293 e. The van der Waals surface area contributed by atoms with Crippen molar-refractivity contribution in [2.75, 3.05) is 0 Å². The summed E-state index contributed by atoms with van der Waals surface area (Å²) in [4.78, 5) is 16.2. The van der Waals surface area contributed by atoms with E-state index >= 15 is 0 Å². The molecule has 3 rings (SSSR count). The predicted molar refractivity (Wildman–Crippen MR) is 102 cm³/mol. The number of carbonyl (C=O) groups excluding carboxylic acids is 1. The molecule has 0 atom stereocenters. The second kappa shape index (κ2) is 8.17. The summed E-state index contributed by atoms with van der Waals surface area (Å²) in [5, 5.41) is 8.24. The van der Waals surface area contributed by atoms with Gasteiger partial charge < -0.3 is 0 Å². The van der Waals surface area contributed by atoms with Crippen molar-refractivity contribution in [1.82, 2.24) is 20.2 Å². The number of halogens is 2. The van der Waals surface area contributed by atoms with Crippen molar-refractivity contribution in [3.05, 3.63) is 80.8 Å². The van der Waals surface area contributed by atoms with Crippen LogP contribution in [0.3, 0.4) is 0 Å². The van der Waals surface area contributed by atoms with Gasteiger partial charge >= 0.3 is 0 Å². The van der Waals surface area contributed by atoms with Crippen molar-refractivity contribution >= 4 is 44.0 Å². The van der Waals surface area contributed by atoms with E-state index in [4.69, 9.17) is 0 Å². The van der Waals surface area contributed by atoms with Crippen molar-refractivity contribution in [3.8, 4) is 0 Å². The van der Waals surface area contributed by atoms with Gasteiger partial charge in [0.05, 0.1) is 17.2 Å². The summed E-state index contributed by atoms with van der Waals surface area (Å²) < 4.78 is 3.33. The molecule has 0 aliphatic carbocycles. The lowest BCUT2D eigenvalue weighted by Gasteiger charge is -2.02. The molecule has 3 aromatic rings. The van der Waals surface area contributed by atoms with Gasteiger partial charge in [-0.3, -0.25) is 14.5 Å². The van der Waals surface area contributed by atoms with Crippen LogP contribution in [0.15, 0.2) is 69.0 Å². The van der Waals surface area contributed by atoms with Gasteiger partial charge in [0.15, 0.2) is 5.69 Å². The summed E-state index contributed by atoms with van der Waals surface area (Å²) in [5.74, 6) is -0.387. The maximum atomic E-state index is 12.2. The number of benzene rings is 1. The zero-order valence-corrected chi connectivity index (χ0v) is 16.1. The molecule has 25 heavy (non-hydrogen) atoms. The molecule has 8 heteroatoms. The highest BCUT2D eigenvalue weighted by Crippen LogP contribution is 2.17. The SMILES string of the molecule is O=C(N/N=C\c1cccnc1)c1nn(Cc2ccc(Br)cc2)cc1Br. The molecule has 0 aliphatic heterocycles. The summed E-state index contributed by atoms with van der Waals surface area (Å²) >= 11 is 6.77. The van der Waals surface area contributed by atoms with E-state index in [1.165, 1.54) is 6.21 Å². The van der Waals surface area contributed by atoms with E-state index in [9.17, 15) is 4.79 Å². The molecule has 1 amide bonds. The minimum Gasteiger partial charge on any atom is -0.266 e. The Balaban J connectivity index is 1.66. The lowest BCUT2D eigenvalue weighted by molar-refractivity contribution is 0.0948. The number of carbonyl (C=O) groups is 1. The summed E-state index contributed by atoms with van der Waals surface area (Å²) in [7, 11) is 0. The van der Waals surface area contributed by atoms with Crippen molar-refractivity contribution in [3.63, 3.8) is 0 Å². The van der Waals surface area contributed by atoms with Crippen LogP contribution in [0, 0.1) is 0 Å². The van der Waals surface area contributed by atoms with Crippen molar-refractivity contribution in [2.24, 2.45) is 5.10 Å². The summed E-state index contributed by atoms with van der Waals surface area (Å²) in [5.41, 5.74) is 4.62. The number of amides is 1. The van der Waals surface area contributed by atoms with Gasteiger partial charge in [-0.05, 0) is 39.7 Å². The molecule has 1 aromatic carbocycles. The minimum absolute atomic E-state index is 0.278. The zero-order valence-electron chi connectivity index (χ0n) is 12.9. The second-order valence-corrected chi connectivity index (χ2v) is 6.91. The fourth-order valence-corrected chi connectivity index (χ4v) is 2.84. The van der Waals surface area contributed by atoms with Crippen LogP contribution >= 0.6 is 31.9 Å². The van der Waals surface area contributed by atoms with E-state index in [1.807, 2.05) is 30.3 Å². The van der Waals surface area contributed by atoms with E-state index in [1.54, 1.807) is 29.3 Å². The Morgan fingerprint density at radius 3 is 2.76 bits per heavy atom. The average molecular weight is 463 g/mol. The number of aromatic nitrogens is 3. The molecule has 0 radical (unpaired) electrons. The number of hydrazone groups is 1. The third-order valence-corrected chi connectivity index (χ3v) is 4.36. The standard InChI is InChI=1S/C17H13Br2N5O/c18-14-5-3-12(4-6-14)10-24-11-15(19)16(23-24)17(25)22-21-9-13-2-1-7-20-8-13/h1-9,11H,10H2,(H,22,25)/b21-9-. The molecule has 0 bridgehead atoms. The first-order valence-electron chi connectivity index (χ1n) is 7.32. The number of pyridine rings is 1.